The normalized spacial score (nSPS) is 22.9. The molecule has 1 aromatic carbocycles. The number of hydrogen-bond acceptors (Lipinski definition) is 5. The van der Waals surface area contributed by atoms with E-state index in [1.807, 2.05) is 0 Å². The van der Waals surface area contributed by atoms with E-state index in [-0.39, 0.29) is 18.2 Å². The number of carbonyl (C=O) groups excluding carboxylic acids is 2. The zero-order chi connectivity index (χ0) is 16.3. The minimum Gasteiger partial charge on any atom is -0.381 e. The van der Waals surface area contributed by atoms with E-state index in [0.29, 0.717) is 25.4 Å². The molecule has 23 heavy (non-hydrogen) atoms. The summed E-state index contributed by atoms with van der Waals surface area (Å²) in [5.41, 5.74) is 0.126. The van der Waals surface area contributed by atoms with E-state index < -0.39 is 11.8 Å². The highest BCUT2D eigenvalue weighted by atomic mass is 79.9. The van der Waals surface area contributed by atoms with Gasteiger partial charge in [0.05, 0.1) is 26.4 Å². The number of amides is 1. The molecule has 2 fully saturated rings. The molecule has 2 heterocycles. The SMILES string of the molecule is O=C(CNC(=O)[C@@H]1COC2(CCOCC2)N1)c1ccc(Br)cc1. The van der Waals surface area contributed by atoms with Crippen molar-refractivity contribution in [1.82, 2.24) is 10.6 Å². The third kappa shape index (κ3) is 3.98. The van der Waals surface area contributed by atoms with Crippen LogP contribution >= 0.6 is 15.9 Å². The van der Waals surface area contributed by atoms with Crippen LogP contribution in [-0.4, -0.2) is 49.8 Å². The largest absolute Gasteiger partial charge is 0.381 e. The minimum atomic E-state index is -0.448. The standard InChI is InChI=1S/C16H19BrN2O4/c17-12-3-1-11(2-4-12)14(20)9-18-15(21)13-10-23-16(19-13)5-7-22-8-6-16/h1-4,13,19H,5-10H2,(H,18,21)/t13-/m0/s1. The molecule has 0 saturated carbocycles. The van der Waals surface area contributed by atoms with Crippen LogP contribution in [0.25, 0.3) is 0 Å². The topological polar surface area (TPSA) is 76.7 Å². The molecule has 124 valence electrons. The fourth-order valence-corrected chi connectivity index (χ4v) is 3.07. The van der Waals surface area contributed by atoms with Gasteiger partial charge in [-0.3, -0.25) is 14.9 Å². The molecule has 0 aliphatic carbocycles. The Labute approximate surface area is 143 Å². The zero-order valence-electron chi connectivity index (χ0n) is 12.6. The maximum atomic E-state index is 12.2. The van der Waals surface area contributed by atoms with E-state index in [1.165, 1.54) is 0 Å². The first-order valence-electron chi connectivity index (χ1n) is 7.64. The summed E-state index contributed by atoms with van der Waals surface area (Å²) in [6, 6.07) is 6.64. The van der Waals surface area contributed by atoms with E-state index in [2.05, 4.69) is 26.6 Å². The van der Waals surface area contributed by atoms with Crippen molar-refractivity contribution in [3.8, 4) is 0 Å². The van der Waals surface area contributed by atoms with Crippen molar-refractivity contribution in [2.24, 2.45) is 0 Å². The lowest BCUT2D eigenvalue weighted by Gasteiger charge is -2.32. The Hall–Kier alpha value is -1.28. The van der Waals surface area contributed by atoms with Gasteiger partial charge in [-0.1, -0.05) is 28.1 Å². The molecule has 7 heteroatoms. The molecule has 0 aromatic heterocycles. The minimum absolute atomic E-state index is 0.0191. The van der Waals surface area contributed by atoms with Crippen LogP contribution in [0.15, 0.2) is 28.7 Å². The van der Waals surface area contributed by atoms with Gasteiger partial charge in [-0.15, -0.1) is 0 Å². The van der Waals surface area contributed by atoms with Gasteiger partial charge < -0.3 is 14.8 Å². The lowest BCUT2D eigenvalue weighted by Crippen LogP contribution is -2.52. The third-order valence-corrected chi connectivity index (χ3v) is 4.70. The van der Waals surface area contributed by atoms with Crippen LogP contribution in [0, 0.1) is 0 Å². The van der Waals surface area contributed by atoms with E-state index in [0.717, 1.165) is 17.3 Å². The van der Waals surface area contributed by atoms with E-state index in [1.54, 1.807) is 24.3 Å². The molecular formula is C16H19BrN2O4. The monoisotopic (exact) mass is 382 g/mol. The summed E-state index contributed by atoms with van der Waals surface area (Å²) in [5, 5.41) is 5.93. The first-order valence-corrected chi connectivity index (χ1v) is 8.43. The lowest BCUT2D eigenvalue weighted by atomic mass is 10.0. The van der Waals surface area contributed by atoms with Crippen LogP contribution in [0.1, 0.15) is 23.2 Å². The Morgan fingerprint density at radius 2 is 1.96 bits per heavy atom. The number of benzene rings is 1. The number of rotatable bonds is 4. The van der Waals surface area contributed by atoms with Crippen molar-refractivity contribution >= 4 is 27.6 Å². The van der Waals surface area contributed by atoms with Gasteiger partial charge in [0.2, 0.25) is 5.91 Å². The second-order valence-electron chi connectivity index (χ2n) is 5.76. The smallest absolute Gasteiger partial charge is 0.239 e. The Balaban J connectivity index is 1.50. The highest BCUT2D eigenvalue weighted by Crippen LogP contribution is 2.27. The predicted molar refractivity (Wildman–Crippen MR) is 87.1 cm³/mol. The van der Waals surface area contributed by atoms with E-state index in [4.69, 9.17) is 9.47 Å². The Bertz CT molecular complexity index is 584. The van der Waals surface area contributed by atoms with Crippen LogP contribution in [0.5, 0.6) is 0 Å². The summed E-state index contributed by atoms with van der Waals surface area (Å²) in [4.78, 5) is 24.3. The molecule has 0 radical (unpaired) electrons. The summed E-state index contributed by atoms with van der Waals surface area (Å²) in [5.74, 6) is -0.329. The average molecular weight is 383 g/mol. The first-order chi connectivity index (χ1) is 11.1. The number of nitrogens with one attached hydrogen (secondary N) is 2. The van der Waals surface area contributed by atoms with Gasteiger partial charge in [0.25, 0.3) is 0 Å². The van der Waals surface area contributed by atoms with Crippen LogP contribution < -0.4 is 10.6 Å². The Morgan fingerprint density at radius 3 is 2.65 bits per heavy atom. The van der Waals surface area contributed by atoms with Gasteiger partial charge >= 0.3 is 0 Å². The van der Waals surface area contributed by atoms with Crippen molar-refractivity contribution in [1.29, 1.82) is 0 Å². The molecule has 1 atom stereocenters. The number of Topliss-reactive ketones (excluding diaryl/α,β-unsaturated/α-hetero) is 1. The van der Waals surface area contributed by atoms with Gasteiger partial charge in [-0.05, 0) is 12.1 Å². The maximum Gasteiger partial charge on any atom is 0.239 e. The molecule has 1 aromatic rings. The van der Waals surface area contributed by atoms with E-state index in [9.17, 15) is 9.59 Å². The highest BCUT2D eigenvalue weighted by molar-refractivity contribution is 9.10. The molecule has 0 unspecified atom stereocenters. The van der Waals surface area contributed by atoms with Gasteiger partial charge in [-0.25, -0.2) is 0 Å². The third-order valence-electron chi connectivity index (χ3n) is 4.17. The van der Waals surface area contributed by atoms with Gasteiger partial charge in [0.1, 0.15) is 11.8 Å². The second-order valence-corrected chi connectivity index (χ2v) is 6.68. The van der Waals surface area contributed by atoms with Crippen molar-refractivity contribution in [3.63, 3.8) is 0 Å². The molecule has 2 N–H and O–H groups in total. The number of ketones is 1. The van der Waals surface area contributed by atoms with E-state index >= 15 is 0 Å². The van der Waals surface area contributed by atoms with Gasteiger partial charge in [0, 0.05) is 22.9 Å². The molecule has 3 rings (SSSR count). The maximum absolute atomic E-state index is 12.2. The van der Waals surface area contributed by atoms with Crippen molar-refractivity contribution in [3.05, 3.63) is 34.3 Å². The molecule has 2 aliphatic rings. The zero-order valence-corrected chi connectivity index (χ0v) is 14.2. The molecular weight excluding hydrogens is 364 g/mol. The van der Waals surface area contributed by atoms with Crippen LogP contribution in [0.4, 0.5) is 0 Å². The second kappa shape index (κ2) is 7.09. The molecule has 1 amide bonds. The molecule has 1 spiro atoms. The number of carbonyl (C=O) groups is 2. The summed E-state index contributed by atoms with van der Waals surface area (Å²) >= 11 is 3.32. The fourth-order valence-electron chi connectivity index (χ4n) is 2.80. The number of hydrogen-bond donors (Lipinski definition) is 2. The highest BCUT2D eigenvalue weighted by Gasteiger charge is 2.43. The molecule has 0 bridgehead atoms. The lowest BCUT2D eigenvalue weighted by molar-refractivity contribution is -0.122. The van der Waals surface area contributed by atoms with Crippen molar-refractivity contribution in [2.45, 2.75) is 24.6 Å². The summed E-state index contributed by atoms with van der Waals surface area (Å²) in [6.45, 7) is 1.56. The summed E-state index contributed by atoms with van der Waals surface area (Å²) < 4.78 is 12.0. The average Bonchev–Trinajstić information content (AvgIpc) is 2.97. The number of ether oxygens (including phenoxy) is 2. The predicted octanol–water partition coefficient (Wildman–Crippen LogP) is 1.24. The Morgan fingerprint density at radius 1 is 1.26 bits per heavy atom. The Kier molecular flexibility index (Phi) is 5.11. The van der Waals surface area contributed by atoms with Crippen LogP contribution in [0.3, 0.4) is 0 Å². The first kappa shape index (κ1) is 16.6. The molecule has 6 nitrogen and oxygen atoms in total. The van der Waals surface area contributed by atoms with Crippen molar-refractivity contribution < 1.29 is 19.1 Å². The molecule has 2 aliphatic heterocycles. The van der Waals surface area contributed by atoms with Gasteiger partial charge in [-0.2, -0.15) is 0 Å². The summed E-state index contributed by atoms with van der Waals surface area (Å²) in [7, 11) is 0. The fraction of sp³-hybridized carbons (Fsp3) is 0.500. The van der Waals surface area contributed by atoms with Gasteiger partial charge in [0.15, 0.2) is 5.78 Å². The number of halogens is 1. The quantitative estimate of drug-likeness (QED) is 0.766. The molecule has 2 saturated heterocycles. The van der Waals surface area contributed by atoms with Crippen molar-refractivity contribution in [2.75, 3.05) is 26.4 Å². The summed E-state index contributed by atoms with van der Waals surface area (Å²) in [6.07, 6.45) is 1.46. The van der Waals surface area contributed by atoms with Crippen LogP contribution in [-0.2, 0) is 14.3 Å². The van der Waals surface area contributed by atoms with Crippen LogP contribution in [0.2, 0.25) is 0 Å².